The van der Waals surface area contributed by atoms with Crippen molar-refractivity contribution >= 4 is 18.2 Å². The molecular formula is C46H49N4O16+. The van der Waals surface area contributed by atoms with Crippen LogP contribution in [0.5, 0.6) is 28.7 Å². The number of carboxylic acids is 1. The number of fused-ring (bicyclic) bond motifs is 9. The van der Waals surface area contributed by atoms with Crippen molar-refractivity contribution in [2.24, 2.45) is 16.5 Å². The standard InChI is InChI=1S/C46H48N4O16/c47-44(48)41(64-33(56)17-32(54)55)43-46(59)11-4-7-24-26(19-50-18-23-10-12-49-36(23)27(50)20-52)35-31(16-29(24)63-45(66-43)37(57)42(46)58)62-30(15-22-5-2-1-3-6-22)34-25-8-9-28(61-21-53)39(60-14-13-51)38(25)65-40(34)35/h1-3,5-6,8-10,12,16,30,34,37,40-45,51-53,57-59H,11,13-15,17-21,47-48H2,(H,54,55)/p+1/t30-,34+,37+,40+,41+,42+,43+,45+,46-/m0/s1. The Morgan fingerprint density at radius 2 is 1.83 bits per heavy atom. The van der Waals surface area contributed by atoms with Gasteiger partial charge in [0.1, 0.15) is 86.0 Å². The Labute approximate surface area is 376 Å². The van der Waals surface area contributed by atoms with Crippen LogP contribution in [0.3, 0.4) is 0 Å². The third kappa shape index (κ3) is 8.02. The van der Waals surface area contributed by atoms with Crippen LogP contribution in [-0.4, -0.2) is 136 Å². The molecule has 3 aromatic carbocycles. The quantitative estimate of drug-likeness (QED) is 0.0347. The second-order valence-electron chi connectivity index (χ2n) is 16.7. The van der Waals surface area contributed by atoms with Gasteiger partial charge < -0.3 is 80.4 Å². The van der Waals surface area contributed by atoms with Crippen molar-refractivity contribution in [1.82, 2.24) is 0 Å². The summed E-state index contributed by atoms with van der Waals surface area (Å²) in [5.41, 5.74) is 14.7. The van der Waals surface area contributed by atoms with Gasteiger partial charge in [-0.1, -0.05) is 48.2 Å². The van der Waals surface area contributed by atoms with E-state index < -0.39 is 92.2 Å². The highest BCUT2D eigenvalue weighted by atomic mass is 16.7. The molecule has 3 aromatic rings. The lowest BCUT2D eigenvalue weighted by Gasteiger charge is -2.50. The molecule has 1 unspecified atom stereocenters. The van der Waals surface area contributed by atoms with Gasteiger partial charge in [0.2, 0.25) is 12.0 Å². The van der Waals surface area contributed by atoms with Crippen LogP contribution in [-0.2, 0) is 32.0 Å². The third-order valence-electron chi connectivity index (χ3n) is 12.6. The van der Waals surface area contributed by atoms with Crippen molar-refractivity contribution in [1.29, 1.82) is 0 Å². The van der Waals surface area contributed by atoms with E-state index in [0.717, 1.165) is 16.0 Å². The molecule has 1 fully saturated rings. The monoisotopic (exact) mass is 913 g/mol. The first-order valence-corrected chi connectivity index (χ1v) is 21.3. The predicted octanol–water partition coefficient (Wildman–Crippen LogP) is -1.84. The van der Waals surface area contributed by atoms with Crippen LogP contribution >= 0.6 is 0 Å². The number of carboxylic acid groups (broad SMARTS) is 1. The van der Waals surface area contributed by atoms with Crippen molar-refractivity contribution in [3.63, 3.8) is 0 Å². The largest absolute Gasteiger partial charge is 0.489 e. The van der Waals surface area contributed by atoms with E-state index in [0.29, 0.717) is 52.5 Å². The normalized spacial score (nSPS) is 28.0. The number of nitrogens with two attached hydrogens (primary N) is 2. The number of rotatable bonds is 15. The number of benzene rings is 3. The Bertz CT molecular complexity index is 2560. The van der Waals surface area contributed by atoms with E-state index in [9.17, 15) is 45.3 Å². The number of aliphatic carboxylic acids is 1. The van der Waals surface area contributed by atoms with Gasteiger partial charge in [0.25, 0.3) is 0 Å². The molecule has 7 aliphatic rings. The first kappa shape index (κ1) is 45.1. The predicted molar refractivity (Wildman–Crippen MR) is 226 cm³/mol. The minimum absolute atomic E-state index is 0.0160. The highest BCUT2D eigenvalue weighted by Gasteiger charge is 2.60. The summed E-state index contributed by atoms with van der Waals surface area (Å²) in [6, 6.07) is 14.7. The van der Waals surface area contributed by atoms with Gasteiger partial charge in [-0.2, -0.15) is 0 Å². The van der Waals surface area contributed by atoms with Gasteiger partial charge in [0.05, 0.1) is 24.3 Å². The molecule has 0 spiro atoms. The zero-order valence-corrected chi connectivity index (χ0v) is 35.2. The summed E-state index contributed by atoms with van der Waals surface area (Å²) in [5, 5.41) is 74.9. The van der Waals surface area contributed by atoms with E-state index in [-0.39, 0.29) is 49.2 Å². The summed E-state index contributed by atoms with van der Waals surface area (Å²) in [4.78, 5) is 29.3. The van der Waals surface area contributed by atoms with E-state index in [4.69, 9.17) is 44.6 Å². The molecule has 12 N–H and O–H groups in total. The lowest BCUT2D eigenvalue weighted by Crippen LogP contribution is -3.08. The third-order valence-corrected chi connectivity index (χ3v) is 12.6. The highest BCUT2D eigenvalue weighted by molar-refractivity contribution is 5.90. The molecule has 2 bridgehead atoms. The van der Waals surface area contributed by atoms with Crippen LogP contribution in [0.25, 0.3) is 0 Å². The van der Waals surface area contributed by atoms with Gasteiger partial charge in [-0.15, -0.1) is 0 Å². The maximum absolute atomic E-state index is 12.6. The minimum Gasteiger partial charge on any atom is -0.489 e. The molecule has 0 saturated carbocycles. The van der Waals surface area contributed by atoms with E-state index >= 15 is 0 Å². The number of nitrogens with zero attached hydrogens (tertiary/aromatic N) is 1. The zero-order valence-electron chi connectivity index (χ0n) is 35.2. The van der Waals surface area contributed by atoms with Crippen LogP contribution in [0.1, 0.15) is 52.7 Å². The summed E-state index contributed by atoms with van der Waals surface area (Å²) >= 11 is 0. The number of quaternary nitrogens is 1. The minimum atomic E-state index is -2.52. The van der Waals surface area contributed by atoms with Gasteiger partial charge in [-0.05, 0) is 17.7 Å². The second kappa shape index (κ2) is 18.3. The SMILES string of the molecule is NC(N)[C@H](OC(=O)CC(=O)O)[C@H]1O[C@H]2Oc3cc4c(c(C[NH+]5CC6=CC=NC6=C5CO)c3C#CC[C@]1(O)[C@H](O)[C@H]2O)[C@@H]1Oc2c(ccc(OCO)c2OCCO)[C@@H]1[C@H](Cc1ccccc1)O4. The number of aliphatic imine (C=N–C) groups is 1. The number of esters is 1. The molecule has 10 atom stereocenters. The fourth-order valence-corrected chi connectivity index (χ4v) is 9.71. The molecule has 20 nitrogen and oxygen atoms in total. The summed E-state index contributed by atoms with van der Waals surface area (Å²) < 4.78 is 43.5. The summed E-state index contributed by atoms with van der Waals surface area (Å²) in [6.45, 7) is -0.843. The highest BCUT2D eigenvalue weighted by Crippen LogP contribution is 2.60. The molecule has 10 rings (SSSR count). The van der Waals surface area contributed by atoms with Gasteiger partial charge >= 0.3 is 11.9 Å². The van der Waals surface area contributed by atoms with Crippen molar-refractivity contribution in [3.05, 3.63) is 99.4 Å². The number of ether oxygens (including phenoxy) is 7. The topological polar surface area (TPSA) is 309 Å². The number of aliphatic hydroxyl groups excluding tert-OH is 5. The summed E-state index contributed by atoms with van der Waals surface area (Å²) in [7, 11) is 0. The van der Waals surface area contributed by atoms with E-state index in [2.05, 4.69) is 16.8 Å². The average molecular weight is 914 g/mol. The lowest BCUT2D eigenvalue weighted by atomic mass is 9.78. The lowest BCUT2D eigenvalue weighted by molar-refractivity contribution is -0.867. The first-order valence-electron chi connectivity index (χ1n) is 21.3. The molecule has 0 aromatic heterocycles. The molecule has 0 aliphatic carbocycles. The Hall–Kier alpha value is -6.09. The number of carbonyl (C=O) groups is 2. The Kier molecular flexibility index (Phi) is 12.5. The molecule has 20 heteroatoms. The molecule has 7 heterocycles. The number of nitrogens with one attached hydrogen (secondary N) is 1. The van der Waals surface area contributed by atoms with Crippen molar-refractivity contribution < 1.29 is 83.4 Å². The molecule has 7 aliphatic heterocycles. The molecule has 348 valence electrons. The maximum Gasteiger partial charge on any atom is 0.317 e. The van der Waals surface area contributed by atoms with Crippen LogP contribution in [0.4, 0.5) is 0 Å². The molecule has 0 radical (unpaired) electrons. The van der Waals surface area contributed by atoms with Crippen molar-refractivity contribution in [2.75, 3.05) is 33.2 Å². The van der Waals surface area contributed by atoms with E-state index in [1.54, 1.807) is 18.3 Å². The van der Waals surface area contributed by atoms with Crippen LogP contribution in [0.2, 0.25) is 0 Å². The van der Waals surface area contributed by atoms with Crippen LogP contribution in [0.15, 0.2) is 76.6 Å². The Balaban J connectivity index is 1.22. The van der Waals surface area contributed by atoms with E-state index in [1.165, 1.54) is 0 Å². The molecule has 0 amide bonds. The fraction of sp³-hybridized carbons (Fsp3) is 0.413. The number of aliphatic hydroxyl groups is 6. The van der Waals surface area contributed by atoms with Crippen LogP contribution in [0, 0.1) is 11.8 Å². The molecular weight excluding hydrogens is 865 g/mol. The Morgan fingerprint density at radius 1 is 1.03 bits per heavy atom. The maximum atomic E-state index is 12.6. The zero-order chi connectivity index (χ0) is 46.4. The number of hydrogen-bond acceptors (Lipinski definition) is 18. The van der Waals surface area contributed by atoms with Gasteiger partial charge in [0, 0.05) is 47.4 Å². The summed E-state index contributed by atoms with van der Waals surface area (Å²) in [5.74, 6) is 3.76. The van der Waals surface area contributed by atoms with Crippen LogP contribution < -0.4 is 40.1 Å². The molecule has 1 saturated heterocycles. The fourth-order valence-electron chi connectivity index (χ4n) is 9.71. The van der Waals surface area contributed by atoms with Crippen molar-refractivity contribution in [2.45, 2.75) is 86.4 Å². The number of carbonyl (C=O) groups excluding carboxylic acids is 1. The number of hydrogen-bond donors (Lipinski definition) is 10. The average Bonchev–Trinajstić information content (AvgIpc) is 4.00. The smallest absolute Gasteiger partial charge is 0.317 e. The Morgan fingerprint density at radius 3 is 2.56 bits per heavy atom. The summed E-state index contributed by atoms with van der Waals surface area (Å²) in [6.07, 6.45) is -10.1. The number of allylic oxidation sites excluding steroid dienone is 1. The van der Waals surface area contributed by atoms with Gasteiger partial charge in [-0.25, -0.2) is 0 Å². The molecule has 66 heavy (non-hydrogen) atoms. The first-order chi connectivity index (χ1) is 31.8. The second-order valence-corrected chi connectivity index (χ2v) is 16.7. The van der Waals surface area contributed by atoms with Gasteiger partial charge in [-0.3, -0.25) is 19.5 Å². The van der Waals surface area contributed by atoms with Gasteiger partial charge in [0.15, 0.2) is 30.1 Å². The van der Waals surface area contributed by atoms with E-state index in [1.807, 2.05) is 42.5 Å². The van der Waals surface area contributed by atoms with Crippen molar-refractivity contribution in [3.8, 4) is 40.6 Å².